The highest BCUT2D eigenvalue weighted by molar-refractivity contribution is 5.92. The van der Waals surface area contributed by atoms with Gasteiger partial charge in [0.25, 0.3) is 5.91 Å². The topological polar surface area (TPSA) is 84.3 Å². The highest BCUT2D eigenvalue weighted by atomic mass is 16.5. The summed E-state index contributed by atoms with van der Waals surface area (Å²) in [5.74, 6) is -0.158. The Bertz CT molecular complexity index is 481. The van der Waals surface area contributed by atoms with E-state index in [1.54, 1.807) is 10.9 Å². The van der Waals surface area contributed by atoms with Crippen LogP contribution in [0.2, 0.25) is 0 Å². The van der Waals surface area contributed by atoms with Crippen molar-refractivity contribution >= 4 is 5.91 Å². The second-order valence-corrected chi connectivity index (χ2v) is 5.68. The zero-order chi connectivity index (χ0) is 14.7. The van der Waals surface area contributed by atoms with E-state index in [-0.39, 0.29) is 11.9 Å². The summed E-state index contributed by atoms with van der Waals surface area (Å²) in [4.78, 5) is 14.5. The number of rotatable bonds is 5. The molecule has 116 valence electrons. The molecule has 0 radical (unpaired) electrons. The van der Waals surface area contributed by atoms with E-state index in [2.05, 4.69) is 25.8 Å². The first kappa shape index (κ1) is 14.4. The van der Waals surface area contributed by atoms with Gasteiger partial charge in [0.2, 0.25) is 0 Å². The van der Waals surface area contributed by atoms with Crippen LogP contribution in [0.5, 0.6) is 0 Å². The summed E-state index contributed by atoms with van der Waals surface area (Å²) >= 11 is 0. The average Bonchev–Trinajstić information content (AvgIpc) is 2.87. The molecule has 0 bridgehead atoms. The number of carbonyl (C=O) groups excluding carboxylic acids is 1. The molecule has 2 N–H and O–H groups in total. The van der Waals surface area contributed by atoms with Crippen molar-refractivity contribution < 1.29 is 9.53 Å². The van der Waals surface area contributed by atoms with Crippen LogP contribution in [-0.2, 0) is 4.74 Å². The first-order valence-electron chi connectivity index (χ1n) is 7.46. The van der Waals surface area contributed by atoms with E-state index in [1.165, 1.54) is 0 Å². The third-order valence-corrected chi connectivity index (χ3v) is 3.89. The summed E-state index contributed by atoms with van der Waals surface area (Å²) in [7, 11) is 0. The largest absolute Gasteiger partial charge is 0.379 e. The molecule has 2 saturated heterocycles. The van der Waals surface area contributed by atoms with E-state index < -0.39 is 0 Å². The molecule has 0 aliphatic carbocycles. The maximum Gasteiger partial charge on any atom is 0.273 e. The van der Waals surface area contributed by atoms with Gasteiger partial charge in [0.15, 0.2) is 5.69 Å². The van der Waals surface area contributed by atoms with Crippen molar-refractivity contribution in [2.45, 2.75) is 19.0 Å². The van der Waals surface area contributed by atoms with Crippen molar-refractivity contribution in [2.75, 3.05) is 45.9 Å². The van der Waals surface area contributed by atoms with E-state index in [9.17, 15) is 4.79 Å². The first-order chi connectivity index (χ1) is 10.2. The molecule has 0 spiro atoms. The third-order valence-electron chi connectivity index (χ3n) is 3.89. The minimum Gasteiger partial charge on any atom is -0.379 e. The zero-order valence-corrected chi connectivity index (χ0v) is 12.3. The Kier molecular flexibility index (Phi) is 4.47. The minimum atomic E-state index is -0.158. The van der Waals surface area contributed by atoms with Crippen LogP contribution in [0.1, 0.15) is 23.5 Å². The lowest BCUT2D eigenvalue weighted by Gasteiger charge is -2.29. The quantitative estimate of drug-likeness (QED) is 0.715. The van der Waals surface area contributed by atoms with Crippen molar-refractivity contribution in [2.24, 2.45) is 0 Å². The van der Waals surface area contributed by atoms with Gasteiger partial charge in [-0.3, -0.25) is 9.69 Å². The summed E-state index contributed by atoms with van der Waals surface area (Å²) in [6.07, 6.45) is 1.72. The molecule has 1 aromatic rings. The molecule has 8 nitrogen and oxygen atoms in total. The van der Waals surface area contributed by atoms with Crippen molar-refractivity contribution in [3.8, 4) is 0 Å². The number of morpholine rings is 1. The van der Waals surface area contributed by atoms with E-state index in [1.807, 2.05) is 6.92 Å². The first-order valence-corrected chi connectivity index (χ1v) is 7.46. The van der Waals surface area contributed by atoms with Gasteiger partial charge in [-0.05, 0) is 6.92 Å². The number of amides is 1. The number of hydrogen-bond acceptors (Lipinski definition) is 6. The van der Waals surface area contributed by atoms with Gasteiger partial charge in [-0.25, -0.2) is 4.68 Å². The number of nitrogens with one attached hydrogen (secondary N) is 2. The Morgan fingerprint density at radius 1 is 1.52 bits per heavy atom. The van der Waals surface area contributed by atoms with Gasteiger partial charge in [-0.15, -0.1) is 5.10 Å². The van der Waals surface area contributed by atoms with Gasteiger partial charge in [-0.2, -0.15) is 0 Å². The van der Waals surface area contributed by atoms with Crippen molar-refractivity contribution in [1.29, 1.82) is 0 Å². The fourth-order valence-electron chi connectivity index (χ4n) is 2.53. The monoisotopic (exact) mass is 294 g/mol. The lowest BCUT2D eigenvalue weighted by molar-refractivity contribution is 0.0342. The number of carbonyl (C=O) groups is 1. The third kappa shape index (κ3) is 3.58. The molecular weight excluding hydrogens is 272 g/mol. The lowest BCUT2D eigenvalue weighted by atomic mass is 10.2. The van der Waals surface area contributed by atoms with E-state index in [0.29, 0.717) is 11.7 Å². The molecule has 0 aromatic carbocycles. The maximum atomic E-state index is 12.2. The SMILES string of the molecule is CC(CN1CCOCC1)NC(=O)c1cn(C2CNC2)nn1. The van der Waals surface area contributed by atoms with Crippen LogP contribution in [0, 0.1) is 0 Å². The smallest absolute Gasteiger partial charge is 0.273 e. The van der Waals surface area contributed by atoms with Gasteiger partial charge in [0.1, 0.15) is 0 Å². The van der Waals surface area contributed by atoms with Crippen LogP contribution in [-0.4, -0.2) is 77.8 Å². The molecule has 3 rings (SSSR count). The Hall–Kier alpha value is -1.51. The van der Waals surface area contributed by atoms with Gasteiger partial charge >= 0.3 is 0 Å². The lowest BCUT2D eigenvalue weighted by Crippen LogP contribution is -2.46. The highest BCUT2D eigenvalue weighted by Crippen LogP contribution is 2.09. The summed E-state index contributed by atoms with van der Waals surface area (Å²) in [5, 5.41) is 14.1. The molecule has 21 heavy (non-hydrogen) atoms. The Labute approximate surface area is 123 Å². The number of aromatic nitrogens is 3. The van der Waals surface area contributed by atoms with Crippen LogP contribution in [0.25, 0.3) is 0 Å². The fraction of sp³-hybridized carbons (Fsp3) is 0.769. The van der Waals surface area contributed by atoms with E-state index in [4.69, 9.17) is 4.74 Å². The van der Waals surface area contributed by atoms with Crippen LogP contribution in [0.3, 0.4) is 0 Å². The zero-order valence-electron chi connectivity index (χ0n) is 12.3. The van der Waals surface area contributed by atoms with Gasteiger partial charge in [0.05, 0.1) is 25.5 Å². The average molecular weight is 294 g/mol. The number of nitrogens with zero attached hydrogens (tertiary/aromatic N) is 4. The molecular formula is C13H22N6O2. The second kappa shape index (κ2) is 6.50. The minimum absolute atomic E-state index is 0.0751. The summed E-state index contributed by atoms with van der Waals surface area (Å²) in [6, 6.07) is 0.399. The molecule has 1 atom stereocenters. The summed E-state index contributed by atoms with van der Waals surface area (Å²) < 4.78 is 7.08. The summed E-state index contributed by atoms with van der Waals surface area (Å²) in [6.45, 7) is 7.99. The molecule has 0 saturated carbocycles. The molecule has 1 unspecified atom stereocenters. The van der Waals surface area contributed by atoms with Crippen molar-refractivity contribution in [3.63, 3.8) is 0 Å². The molecule has 1 aromatic heterocycles. The molecule has 3 heterocycles. The van der Waals surface area contributed by atoms with E-state index in [0.717, 1.165) is 45.9 Å². The van der Waals surface area contributed by atoms with Crippen LogP contribution in [0.4, 0.5) is 0 Å². The molecule has 2 aliphatic rings. The van der Waals surface area contributed by atoms with Crippen molar-refractivity contribution in [1.82, 2.24) is 30.5 Å². The number of ether oxygens (including phenoxy) is 1. The molecule has 2 aliphatic heterocycles. The van der Waals surface area contributed by atoms with Crippen LogP contribution >= 0.6 is 0 Å². The van der Waals surface area contributed by atoms with E-state index >= 15 is 0 Å². The second-order valence-electron chi connectivity index (χ2n) is 5.68. The van der Waals surface area contributed by atoms with Crippen LogP contribution < -0.4 is 10.6 Å². The Balaban J connectivity index is 1.49. The van der Waals surface area contributed by atoms with Gasteiger partial charge in [-0.1, -0.05) is 5.21 Å². The van der Waals surface area contributed by atoms with Gasteiger partial charge < -0.3 is 15.4 Å². The van der Waals surface area contributed by atoms with Crippen LogP contribution in [0.15, 0.2) is 6.20 Å². The predicted molar refractivity (Wildman–Crippen MR) is 76.1 cm³/mol. The Morgan fingerprint density at radius 2 is 2.29 bits per heavy atom. The fourth-order valence-corrected chi connectivity index (χ4v) is 2.53. The summed E-state index contributed by atoms with van der Waals surface area (Å²) in [5.41, 5.74) is 0.385. The molecule has 2 fully saturated rings. The molecule has 8 heteroatoms. The standard InChI is InChI=1S/C13H22N6O2/c1-10(8-18-2-4-21-5-3-18)15-13(20)12-9-19(17-16-12)11-6-14-7-11/h9-11,14H,2-8H2,1H3,(H,15,20). The normalized spacial score (nSPS) is 21.8. The van der Waals surface area contributed by atoms with Gasteiger partial charge in [0, 0.05) is 38.8 Å². The van der Waals surface area contributed by atoms with Crippen molar-refractivity contribution in [3.05, 3.63) is 11.9 Å². The molecule has 1 amide bonds. The Morgan fingerprint density at radius 3 is 2.95 bits per heavy atom. The number of hydrogen-bond donors (Lipinski definition) is 2. The maximum absolute atomic E-state index is 12.2. The predicted octanol–water partition coefficient (Wildman–Crippen LogP) is -1.13. The highest BCUT2D eigenvalue weighted by Gasteiger charge is 2.22.